The Balaban J connectivity index is 1.45. The van der Waals surface area contributed by atoms with Crippen LogP contribution in [-0.4, -0.2) is 28.2 Å². The number of halogens is 3. The minimum absolute atomic E-state index is 0.290. The number of hydrogen-bond acceptors (Lipinski definition) is 6. The van der Waals surface area contributed by atoms with Crippen molar-refractivity contribution in [2.24, 2.45) is 5.10 Å². The number of methoxy groups -OCH3 is 1. The summed E-state index contributed by atoms with van der Waals surface area (Å²) >= 11 is 17.2. The zero-order chi connectivity index (χ0) is 24.8. The van der Waals surface area contributed by atoms with Crippen molar-refractivity contribution in [2.45, 2.75) is 24.4 Å². The van der Waals surface area contributed by atoms with E-state index in [1.54, 1.807) is 41.9 Å². The molecule has 180 valence electrons. The van der Waals surface area contributed by atoms with Crippen LogP contribution in [0.15, 0.2) is 75.4 Å². The van der Waals surface area contributed by atoms with Gasteiger partial charge < -0.3 is 9.47 Å². The van der Waals surface area contributed by atoms with Gasteiger partial charge in [0.2, 0.25) is 5.16 Å². The van der Waals surface area contributed by atoms with Crippen molar-refractivity contribution < 1.29 is 9.47 Å². The predicted octanol–water partition coefficient (Wildman–Crippen LogP) is 7.42. The maximum atomic E-state index is 6.24. The van der Waals surface area contributed by atoms with Crippen LogP contribution >= 0.6 is 50.9 Å². The fourth-order valence-corrected chi connectivity index (χ4v) is 4.71. The van der Waals surface area contributed by atoms with E-state index in [4.69, 9.17) is 32.7 Å². The van der Waals surface area contributed by atoms with Crippen LogP contribution in [0.3, 0.4) is 0 Å². The van der Waals surface area contributed by atoms with Crippen molar-refractivity contribution in [3.05, 3.63) is 97.7 Å². The number of aromatic nitrogens is 3. The summed E-state index contributed by atoms with van der Waals surface area (Å²) < 4.78 is 14.2. The third kappa shape index (κ3) is 6.79. The first-order valence-electron chi connectivity index (χ1n) is 10.5. The fourth-order valence-electron chi connectivity index (χ4n) is 3.09. The molecule has 0 atom stereocenters. The monoisotopic (exact) mass is 590 g/mol. The molecule has 10 heteroatoms. The highest BCUT2D eigenvalue weighted by Crippen LogP contribution is 2.30. The minimum Gasteiger partial charge on any atom is -0.493 e. The Morgan fingerprint density at radius 2 is 1.83 bits per heavy atom. The molecular formula is C25H21BrCl2N4O2S. The van der Waals surface area contributed by atoms with Gasteiger partial charge in [0.25, 0.3) is 0 Å². The van der Waals surface area contributed by atoms with Gasteiger partial charge in [-0.2, -0.15) is 9.78 Å². The average molecular weight is 592 g/mol. The molecule has 3 aromatic carbocycles. The zero-order valence-corrected chi connectivity index (χ0v) is 22.8. The Kier molecular flexibility index (Phi) is 8.73. The first-order valence-corrected chi connectivity index (χ1v) is 13.0. The Morgan fingerprint density at radius 3 is 2.57 bits per heavy atom. The quantitative estimate of drug-likeness (QED) is 0.150. The van der Waals surface area contributed by atoms with E-state index in [9.17, 15) is 0 Å². The van der Waals surface area contributed by atoms with Crippen molar-refractivity contribution in [2.75, 3.05) is 7.11 Å². The van der Waals surface area contributed by atoms with Crippen LogP contribution in [0.1, 0.15) is 22.5 Å². The lowest BCUT2D eigenvalue weighted by Gasteiger charge is -2.12. The molecule has 4 aromatic rings. The molecule has 0 saturated carbocycles. The van der Waals surface area contributed by atoms with Crippen molar-refractivity contribution >= 4 is 57.1 Å². The third-order valence-electron chi connectivity index (χ3n) is 4.96. The van der Waals surface area contributed by atoms with E-state index in [2.05, 4.69) is 43.4 Å². The number of hydrogen-bond donors (Lipinski definition) is 0. The summed E-state index contributed by atoms with van der Waals surface area (Å²) in [4.78, 5) is 0. The van der Waals surface area contributed by atoms with Gasteiger partial charge in [-0.15, -0.1) is 10.2 Å². The van der Waals surface area contributed by atoms with Gasteiger partial charge in [0.05, 0.1) is 13.3 Å². The van der Waals surface area contributed by atoms with Gasteiger partial charge in [-0.3, -0.25) is 0 Å². The summed E-state index contributed by atoms with van der Waals surface area (Å²) in [5, 5.41) is 14.9. The topological polar surface area (TPSA) is 61.5 Å². The molecule has 0 bridgehead atoms. The molecule has 0 aliphatic heterocycles. The summed E-state index contributed by atoms with van der Waals surface area (Å²) in [6.45, 7) is 2.16. The second-order valence-electron chi connectivity index (χ2n) is 7.44. The third-order valence-corrected chi connectivity index (χ3v) is 7.06. The maximum Gasteiger partial charge on any atom is 0.212 e. The number of thioether (sulfide) groups is 1. The SMILES string of the molecule is COc1cc(/C=N/n2c(C)nnc2SCc2ccc(Br)cc2)ccc1OCc1ccc(Cl)cc1Cl. The Labute approximate surface area is 226 Å². The molecule has 0 aliphatic rings. The van der Waals surface area contributed by atoms with E-state index in [1.807, 2.05) is 43.3 Å². The highest BCUT2D eigenvalue weighted by Gasteiger charge is 2.10. The van der Waals surface area contributed by atoms with Gasteiger partial charge >= 0.3 is 0 Å². The smallest absolute Gasteiger partial charge is 0.212 e. The van der Waals surface area contributed by atoms with Crippen LogP contribution in [0.2, 0.25) is 10.0 Å². The second-order valence-corrected chi connectivity index (χ2v) is 10.1. The molecule has 0 unspecified atom stereocenters. The Hall–Kier alpha value is -2.52. The highest BCUT2D eigenvalue weighted by molar-refractivity contribution is 9.10. The van der Waals surface area contributed by atoms with Crippen LogP contribution < -0.4 is 9.47 Å². The molecule has 1 heterocycles. The maximum absolute atomic E-state index is 6.24. The molecule has 1 aromatic heterocycles. The fraction of sp³-hybridized carbons (Fsp3) is 0.160. The Bertz CT molecular complexity index is 1350. The lowest BCUT2D eigenvalue weighted by Crippen LogP contribution is -2.00. The van der Waals surface area contributed by atoms with Gasteiger partial charge in [-0.1, -0.05) is 69.1 Å². The normalized spacial score (nSPS) is 11.2. The molecule has 0 spiro atoms. The second kappa shape index (κ2) is 11.9. The van der Waals surface area contributed by atoms with Crippen molar-refractivity contribution in [1.82, 2.24) is 14.9 Å². The van der Waals surface area contributed by atoms with E-state index >= 15 is 0 Å². The zero-order valence-electron chi connectivity index (χ0n) is 18.9. The van der Waals surface area contributed by atoms with Crippen LogP contribution in [0.25, 0.3) is 0 Å². The number of rotatable bonds is 9. The number of ether oxygens (including phenoxy) is 2. The summed E-state index contributed by atoms with van der Waals surface area (Å²) in [7, 11) is 1.60. The van der Waals surface area contributed by atoms with Crippen molar-refractivity contribution in [3.8, 4) is 11.5 Å². The van der Waals surface area contributed by atoms with E-state index in [0.717, 1.165) is 21.4 Å². The summed E-state index contributed by atoms with van der Waals surface area (Å²) in [5.41, 5.74) is 2.87. The molecule has 0 radical (unpaired) electrons. The lowest BCUT2D eigenvalue weighted by molar-refractivity contribution is 0.284. The molecule has 0 aliphatic carbocycles. The van der Waals surface area contributed by atoms with Gasteiger partial charge in [-0.25, -0.2) is 0 Å². The molecule has 0 fully saturated rings. The number of benzene rings is 3. The molecule has 4 rings (SSSR count). The molecular weight excluding hydrogens is 571 g/mol. The van der Waals surface area contributed by atoms with E-state index in [-0.39, 0.29) is 0 Å². The largest absolute Gasteiger partial charge is 0.493 e. The highest BCUT2D eigenvalue weighted by atomic mass is 79.9. The minimum atomic E-state index is 0.290. The molecule has 0 saturated heterocycles. The van der Waals surface area contributed by atoms with Crippen molar-refractivity contribution in [3.63, 3.8) is 0 Å². The van der Waals surface area contributed by atoms with E-state index < -0.39 is 0 Å². The summed E-state index contributed by atoms with van der Waals surface area (Å²) in [6.07, 6.45) is 1.74. The van der Waals surface area contributed by atoms with Gasteiger partial charge in [0.15, 0.2) is 17.3 Å². The molecule has 6 nitrogen and oxygen atoms in total. The van der Waals surface area contributed by atoms with Crippen LogP contribution in [-0.2, 0) is 12.4 Å². The average Bonchev–Trinajstić information content (AvgIpc) is 3.21. The summed E-state index contributed by atoms with van der Waals surface area (Å²) in [5.74, 6) is 2.65. The lowest BCUT2D eigenvalue weighted by atomic mass is 10.2. The van der Waals surface area contributed by atoms with E-state index in [0.29, 0.717) is 39.1 Å². The van der Waals surface area contributed by atoms with Crippen LogP contribution in [0, 0.1) is 6.92 Å². The van der Waals surface area contributed by atoms with E-state index in [1.165, 1.54) is 5.56 Å². The predicted molar refractivity (Wildman–Crippen MR) is 145 cm³/mol. The Morgan fingerprint density at radius 1 is 1.03 bits per heavy atom. The first kappa shape index (κ1) is 25.6. The molecule has 35 heavy (non-hydrogen) atoms. The number of nitrogens with zero attached hydrogens (tertiary/aromatic N) is 4. The van der Waals surface area contributed by atoms with Gasteiger partial charge in [0.1, 0.15) is 6.61 Å². The summed E-state index contributed by atoms with van der Waals surface area (Å²) in [6, 6.07) is 19.1. The van der Waals surface area contributed by atoms with Gasteiger partial charge in [0, 0.05) is 25.8 Å². The molecule has 0 amide bonds. The van der Waals surface area contributed by atoms with Crippen molar-refractivity contribution in [1.29, 1.82) is 0 Å². The van der Waals surface area contributed by atoms with Gasteiger partial charge in [-0.05, 0) is 60.5 Å². The first-order chi connectivity index (χ1) is 16.9. The van der Waals surface area contributed by atoms with Crippen LogP contribution in [0.4, 0.5) is 0 Å². The van der Waals surface area contributed by atoms with Crippen LogP contribution in [0.5, 0.6) is 11.5 Å². The number of aryl methyl sites for hydroxylation is 1. The standard InChI is InChI=1S/C25H21BrCl2N4O2S/c1-16-30-31-25(35-15-17-3-7-20(26)8-4-17)32(16)29-13-18-5-10-23(24(11-18)33-2)34-14-19-6-9-21(27)12-22(19)28/h3-13H,14-15H2,1-2H3/b29-13+. The molecule has 0 N–H and O–H groups in total.